The Kier molecular flexibility index (Phi) is 6.06. The molecule has 31 heavy (non-hydrogen) atoms. The highest BCUT2D eigenvalue weighted by Crippen LogP contribution is 2.30. The van der Waals surface area contributed by atoms with E-state index in [9.17, 15) is 9.59 Å². The van der Waals surface area contributed by atoms with Crippen molar-refractivity contribution in [1.82, 2.24) is 5.32 Å². The van der Waals surface area contributed by atoms with Gasteiger partial charge in [-0.15, -0.1) is 0 Å². The second kappa shape index (κ2) is 8.91. The Balaban J connectivity index is 1.58. The van der Waals surface area contributed by atoms with Crippen LogP contribution in [0.25, 0.3) is 6.08 Å². The van der Waals surface area contributed by atoms with Crippen LogP contribution in [0.1, 0.15) is 23.8 Å². The van der Waals surface area contributed by atoms with Gasteiger partial charge in [-0.2, -0.15) is 0 Å². The molecule has 3 aromatic rings. The van der Waals surface area contributed by atoms with Crippen LogP contribution in [0, 0.1) is 6.92 Å². The van der Waals surface area contributed by atoms with Gasteiger partial charge in [0.25, 0.3) is 11.8 Å². The van der Waals surface area contributed by atoms with Crippen LogP contribution in [0.4, 0.5) is 5.69 Å². The fourth-order valence-corrected chi connectivity index (χ4v) is 4.16. The molecule has 0 unspecified atom stereocenters. The van der Waals surface area contributed by atoms with Crippen molar-refractivity contribution < 1.29 is 14.0 Å². The Labute approximate surface area is 190 Å². The molecular weight excluding hydrogens is 428 g/mol. The Morgan fingerprint density at radius 1 is 1.03 bits per heavy atom. The van der Waals surface area contributed by atoms with E-state index in [4.69, 9.17) is 16.6 Å². The number of hydrogen-bond donors (Lipinski definition) is 1. The van der Waals surface area contributed by atoms with Gasteiger partial charge >= 0.3 is 0 Å². The highest BCUT2D eigenvalue weighted by atomic mass is 32.2. The maximum absolute atomic E-state index is 13.1. The summed E-state index contributed by atoms with van der Waals surface area (Å²) in [6.07, 6.45) is 2.34. The molecule has 0 bridgehead atoms. The van der Waals surface area contributed by atoms with E-state index in [0.29, 0.717) is 16.5 Å². The van der Waals surface area contributed by atoms with E-state index in [1.165, 1.54) is 28.3 Å². The van der Waals surface area contributed by atoms with Crippen molar-refractivity contribution >= 4 is 52.7 Å². The number of anilines is 1. The summed E-state index contributed by atoms with van der Waals surface area (Å²) in [5, 5.41) is 3.32. The van der Waals surface area contributed by atoms with E-state index in [1.54, 1.807) is 6.07 Å². The summed E-state index contributed by atoms with van der Waals surface area (Å²) in [4.78, 5) is 27.9. The number of furan rings is 1. The van der Waals surface area contributed by atoms with E-state index < -0.39 is 11.8 Å². The zero-order valence-corrected chi connectivity index (χ0v) is 18.7. The number of hydrogen-bond acceptors (Lipinski definition) is 5. The summed E-state index contributed by atoms with van der Waals surface area (Å²) in [5.41, 5.74) is 2.90. The Morgan fingerprint density at radius 3 is 2.42 bits per heavy atom. The van der Waals surface area contributed by atoms with Crippen LogP contribution < -0.4 is 10.2 Å². The fourth-order valence-electron chi connectivity index (χ4n) is 3.10. The van der Waals surface area contributed by atoms with Crippen LogP contribution in [0.15, 0.2) is 80.6 Å². The third-order valence-corrected chi connectivity index (χ3v) is 6.05. The summed E-state index contributed by atoms with van der Waals surface area (Å²) in [6, 6.07) is 19.2. The second-order valence-corrected chi connectivity index (χ2v) is 8.51. The van der Waals surface area contributed by atoms with Gasteiger partial charge in [0.05, 0.1) is 5.69 Å². The number of carbonyl (C=O) groups excluding carboxylic acids is 2. The number of nitrogens with one attached hydrogen (secondary N) is 1. The van der Waals surface area contributed by atoms with E-state index in [2.05, 4.69) is 12.2 Å². The Hall–Kier alpha value is -3.16. The lowest BCUT2D eigenvalue weighted by molar-refractivity contribution is -0.122. The van der Waals surface area contributed by atoms with E-state index in [0.717, 1.165) is 16.9 Å². The maximum Gasteiger partial charge on any atom is 0.270 e. The molecule has 4 rings (SSSR count). The summed E-state index contributed by atoms with van der Waals surface area (Å²) in [5.74, 6) is -0.607. The predicted octanol–water partition coefficient (Wildman–Crippen LogP) is 5.13. The summed E-state index contributed by atoms with van der Waals surface area (Å²) in [7, 11) is 0. The SMILES string of the molecule is CCc1ccc(N2C(=O)/C(=C/c3ccc(Sc4ccc(C)cc4)o3)C(=O)NC2=S)cc1. The molecule has 1 saturated heterocycles. The van der Waals surface area contributed by atoms with Gasteiger partial charge in [-0.05, 0) is 73.6 Å². The molecule has 1 fully saturated rings. The van der Waals surface area contributed by atoms with Gasteiger partial charge < -0.3 is 4.42 Å². The molecule has 0 aliphatic carbocycles. The van der Waals surface area contributed by atoms with Gasteiger partial charge in [0, 0.05) is 4.90 Å². The fraction of sp³-hybridized carbons (Fsp3) is 0.125. The van der Waals surface area contributed by atoms with Crippen molar-refractivity contribution in [3.05, 3.63) is 83.1 Å². The van der Waals surface area contributed by atoms with Gasteiger partial charge in [0.1, 0.15) is 11.3 Å². The first kappa shape index (κ1) is 21.1. The zero-order chi connectivity index (χ0) is 22.0. The van der Waals surface area contributed by atoms with Gasteiger partial charge in [-0.25, -0.2) is 0 Å². The number of benzene rings is 2. The molecule has 156 valence electrons. The minimum Gasteiger partial charge on any atom is -0.450 e. The van der Waals surface area contributed by atoms with Crippen LogP contribution in [-0.4, -0.2) is 16.9 Å². The molecule has 2 amide bonds. The van der Waals surface area contributed by atoms with Crippen molar-refractivity contribution in [3.63, 3.8) is 0 Å². The summed E-state index contributed by atoms with van der Waals surface area (Å²) < 4.78 is 5.82. The number of rotatable bonds is 5. The zero-order valence-electron chi connectivity index (χ0n) is 17.0. The number of amides is 2. The van der Waals surface area contributed by atoms with Crippen molar-refractivity contribution in [2.75, 3.05) is 4.90 Å². The van der Waals surface area contributed by atoms with E-state index in [1.807, 2.05) is 61.5 Å². The predicted molar refractivity (Wildman–Crippen MR) is 126 cm³/mol. The highest BCUT2D eigenvalue weighted by molar-refractivity contribution is 7.99. The first-order valence-corrected chi connectivity index (χ1v) is 11.0. The molecule has 2 heterocycles. The largest absolute Gasteiger partial charge is 0.450 e. The Bertz CT molecular complexity index is 1180. The molecule has 1 N–H and O–H groups in total. The molecule has 0 atom stereocenters. The topological polar surface area (TPSA) is 62.6 Å². The lowest BCUT2D eigenvalue weighted by atomic mass is 10.1. The van der Waals surface area contributed by atoms with E-state index >= 15 is 0 Å². The van der Waals surface area contributed by atoms with Crippen molar-refractivity contribution in [2.24, 2.45) is 0 Å². The number of thiocarbonyl (C=S) groups is 1. The van der Waals surface area contributed by atoms with Gasteiger partial charge in [-0.1, -0.05) is 48.5 Å². The maximum atomic E-state index is 13.1. The van der Waals surface area contributed by atoms with Crippen LogP contribution in [0.3, 0.4) is 0 Å². The van der Waals surface area contributed by atoms with Gasteiger partial charge in [0.15, 0.2) is 10.2 Å². The van der Waals surface area contributed by atoms with Crippen LogP contribution in [0.2, 0.25) is 0 Å². The molecule has 5 nitrogen and oxygen atoms in total. The quantitative estimate of drug-likeness (QED) is 0.333. The molecule has 7 heteroatoms. The Morgan fingerprint density at radius 2 is 1.74 bits per heavy atom. The van der Waals surface area contributed by atoms with Gasteiger partial charge in [0.2, 0.25) is 0 Å². The minimum atomic E-state index is -0.541. The average molecular weight is 449 g/mol. The first-order valence-electron chi connectivity index (χ1n) is 9.79. The van der Waals surface area contributed by atoms with Gasteiger partial charge in [-0.3, -0.25) is 19.8 Å². The highest BCUT2D eigenvalue weighted by Gasteiger charge is 2.34. The molecule has 1 aliphatic rings. The van der Waals surface area contributed by atoms with E-state index in [-0.39, 0.29) is 10.7 Å². The molecule has 2 aromatic carbocycles. The van der Waals surface area contributed by atoms with Crippen molar-refractivity contribution in [3.8, 4) is 0 Å². The van der Waals surface area contributed by atoms with Crippen LogP contribution >= 0.6 is 24.0 Å². The average Bonchev–Trinajstić information content (AvgIpc) is 3.20. The second-order valence-electron chi connectivity index (χ2n) is 7.05. The molecule has 0 saturated carbocycles. The standard InChI is InChI=1S/C24H20N2O3S2/c1-3-16-6-8-17(9-7-16)26-23(28)20(22(27)25-24(26)30)14-18-10-13-21(29-18)31-19-11-4-15(2)5-12-19/h4-14H,3H2,1-2H3,(H,25,27,30)/b20-14+. The lowest BCUT2D eigenvalue weighted by Crippen LogP contribution is -2.54. The first-order chi connectivity index (χ1) is 14.9. The third-order valence-electron chi connectivity index (χ3n) is 4.83. The smallest absolute Gasteiger partial charge is 0.270 e. The van der Waals surface area contributed by atoms with Crippen LogP contribution in [-0.2, 0) is 16.0 Å². The number of carbonyl (C=O) groups is 2. The van der Waals surface area contributed by atoms with Crippen LogP contribution in [0.5, 0.6) is 0 Å². The van der Waals surface area contributed by atoms with Crippen molar-refractivity contribution in [1.29, 1.82) is 0 Å². The summed E-state index contributed by atoms with van der Waals surface area (Å²) >= 11 is 6.72. The monoisotopic (exact) mass is 448 g/mol. The normalized spacial score (nSPS) is 15.5. The number of aryl methyl sites for hydroxylation is 2. The molecule has 1 aliphatic heterocycles. The van der Waals surface area contributed by atoms with Crippen molar-refractivity contribution in [2.45, 2.75) is 30.3 Å². The minimum absolute atomic E-state index is 0.0330. The third kappa shape index (κ3) is 4.62. The molecule has 0 spiro atoms. The number of nitrogens with zero attached hydrogens (tertiary/aromatic N) is 1. The molecular formula is C24H20N2O3S2. The molecule has 0 radical (unpaired) electrons. The lowest BCUT2D eigenvalue weighted by Gasteiger charge is -2.28. The molecule has 1 aromatic heterocycles. The summed E-state index contributed by atoms with van der Waals surface area (Å²) in [6.45, 7) is 4.09.